The molecular formula is C11H13NO. The summed E-state index contributed by atoms with van der Waals surface area (Å²) in [5, 5.41) is 0. The third-order valence-corrected chi connectivity index (χ3v) is 2.27. The summed E-state index contributed by atoms with van der Waals surface area (Å²) in [4.78, 5) is 4.16. The summed E-state index contributed by atoms with van der Waals surface area (Å²) < 4.78 is 5.39. The molecule has 0 saturated carbocycles. The highest BCUT2D eigenvalue weighted by Gasteiger charge is 2.26. The molecule has 1 heterocycles. The highest BCUT2D eigenvalue weighted by atomic mass is 16.3. The van der Waals surface area contributed by atoms with Crippen molar-refractivity contribution >= 4 is 6.08 Å². The van der Waals surface area contributed by atoms with E-state index in [1.165, 1.54) is 12.0 Å². The molecule has 0 radical (unpaired) electrons. The summed E-state index contributed by atoms with van der Waals surface area (Å²) >= 11 is 0. The van der Waals surface area contributed by atoms with Gasteiger partial charge < -0.3 is 4.42 Å². The van der Waals surface area contributed by atoms with Crippen LogP contribution in [0.4, 0.5) is 0 Å². The molecule has 0 saturated heterocycles. The van der Waals surface area contributed by atoms with Crippen molar-refractivity contribution in [2.75, 3.05) is 0 Å². The fourth-order valence-corrected chi connectivity index (χ4v) is 1.75. The van der Waals surface area contributed by atoms with Gasteiger partial charge in [0.15, 0.2) is 6.39 Å². The van der Waals surface area contributed by atoms with Crippen LogP contribution in [0.15, 0.2) is 28.5 Å². The monoisotopic (exact) mass is 175 g/mol. The first-order valence-electron chi connectivity index (χ1n) is 4.41. The molecule has 1 aromatic heterocycles. The minimum Gasteiger partial charge on any atom is -0.447 e. The molecule has 1 aromatic rings. The molecule has 0 aliphatic heterocycles. The number of hydrogen-bond donors (Lipinski definition) is 0. The Hall–Kier alpha value is -1.31. The maximum absolute atomic E-state index is 5.39. The van der Waals surface area contributed by atoms with E-state index in [-0.39, 0.29) is 5.41 Å². The quantitative estimate of drug-likeness (QED) is 0.606. The normalized spacial score (nSPS) is 19.2. The SMILES string of the molecule is CC1=CC(C)(C)c2ocnc2C=C1. The molecule has 2 heteroatoms. The highest BCUT2D eigenvalue weighted by Crippen LogP contribution is 2.31. The predicted octanol–water partition coefficient (Wildman–Crippen LogP) is 2.93. The zero-order valence-electron chi connectivity index (χ0n) is 8.16. The Morgan fingerprint density at radius 2 is 2.08 bits per heavy atom. The van der Waals surface area contributed by atoms with Crippen molar-refractivity contribution in [1.82, 2.24) is 4.98 Å². The molecular weight excluding hydrogens is 162 g/mol. The lowest BCUT2D eigenvalue weighted by Gasteiger charge is -2.17. The second kappa shape index (κ2) is 2.59. The van der Waals surface area contributed by atoms with Gasteiger partial charge in [-0.25, -0.2) is 4.98 Å². The third kappa shape index (κ3) is 1.32. The molecule has 0 aromatic carbocycles. The fraction of sp³-hybridized carbons (Fsp3) is 0.364. The molecule has 0 amide bonds. The predicted molar refractivity (Wildman–Crippen MR) is 52.3 cm³/mol. The van der Waals surface area contributed by atoms with Gasteiger partial charge in [0.2, 0.25) is 0 Å². The molecule has 1 aliphatic rings. The minimum absolute atomic E-state index is 0.0561. The number of fused-ring (bicyclic) bond motifs is 1. The summed E-state index contributed by atoms with van der Waals surface area (Å²) in [5.41, 5.74) is 2.13. The lowest BCUT2D eigenvalue weighted by molar-refractivity contribution is 0.434. The van der Waals surface area contributed by atoms with Gasteiger partial charge in [-0.15, -0.1) is 0 Å². The van der Waals surface area contributed by atoms with Crippen LogP contribution in [0.2, 0.25) is 0 Å². The molecule has 0 bridgehead atoms. The first kappa shape index (κ1) is 8.30. The van der Waals surface area contributed by atoms with Gasteiger partial charge in [-0.2, -0.15) is 0 Å². The van der Waals surface area contributed by atoms with Crippen LogP contribution in [0.25, 0.3) is 6.08 Å². The van der Waals surface area contributed by atoms with Crippen molar-refractivity contribution in [2.24, 2.45) is 0 Å². The second-order valence-corrected chi connectivity index (χ2v) is 4.01. The van der Waals surface area contributed by atoms with Gasteiger partial charge >= 0.3 is 0 Å². The van der Waals surface area contributed by atoms with Gasteiger partial charge in [0.05, 0.1) is 0 Å². The van der Waals surface area contributed by atoms with Gasteiger partial charge in [-0.05, 0) is 26.8 Å². The number of rotatable bonds is 0. The van der Waals surface area contributed by atoms with Crippen molar-refractivity contribution in [1.29, 1.82) is 0 Å². The van der Waals surface area contributed by atoms with E-state index in [9.17, 15) is 0 Å². The van der Waals surface area contributed by atoms with Crippen LogP contribution in [0.5, 0.6) is 0 Å². The van der Waals surface area contributed by atoms with Crippen LogP contribution >= 0.6 is 0 Å². The molecule has 1 aliphatic carbocycles. The van der Waals surface area contributed by atoms with Crippen molar-refractivity contribution in [3.05, 3.63) is 35.6 Å². The molecule has 0 unspecified atom stereocenters. The molecule has 13 heavy (non-hydrogen) atoms. The number of aromatic nitrogens is 1. The van der Waals surface area contributed by atoms with E-state index in [0.29, 0.717) is 0 Å². The van der Waals surface area contributed by atoms with Crippen LogP contribution < -0.4 is 0 Å². The van der Waals surface area contributed by atoms with E-state index in [2.05, 4.69) is 37.9 Å². The molecule has 2 nitrogen and oxygen atoms in total. The zero-order valence-corrected chi connectivity index (χ0v) is 8.16. The highest BCUT2D eigenvalue weighted by molar-refractivity contribution is 5.55. The Balaban J connectivity index is 2.62. The number of allylic oxidation sites excluding steroid dienone is 3. The fourth-order valence-electron chi connectivity index (χ4n) is 1.75. The van der Waals surface area contributed by atoms with Gasteiger partial charge in [0.1, 0.15) is 11.5 Å². The van der Waals surface area contributed by atoms with Crippen molar-refractivity contribution < 1.29 is 4.42 Å². The Bertz CT molecular complexity index is 383. The minimum atomic E-state index is -0.0561. The topological polar surface area (TPSA) is 26.0 Å². The maximum atomic E-state index is 5.39. The molecule has 0 spiro atoms. The number of nitrogens with zero attached hydrogens (tertiary/aromatic N) is 1. The molecule has 0 fully saturated rings. The average Bonchev–Trinajstić information content (AvgIpc) is 2.44. The van der Waals surface area contributed by atoms with E-state index in [1.807, 2.05) is 6.08 Å². The Morgan fingerprint density at radius 1 is 1.31 bits per heavy atom. The zero-order chi connectivity index (χ0) is 9.47. The van der Waals surface area contributed by atoms with E-state index in [0.717, 1.165) is 11.5 Å². The number of hydrogen-bond acceptors (Lipinski definition) is 2. The Morgan fingerprint density at radius 3 is 2.85 bits per heavy atom. The van der Waals surface area contributed by atoms with Crippen LogP contribution in [0.1, 0.15) is 32.2 Å². The van der Waals surface area contributed by atoms with E-state index < -0.39 is 0 Å². The van der Waals surface area contributed by atoms with E-state index >= 15 is 0 Å². The van der Waals surface area contributed by atoms with Crippen molar-refractivity contribution in [2.45, 2.75) is 26.2 Å². The molecule has 68 valence electrons. The summed E-state index contributed by atoms with van der Waals surface area (Å²) in [5.74, 6) is 0.945. The lowest BCUT2D eigenvalue weighted by Crippen LogP contribution is -2.13. The summed E-state index contributed by atoms with van der Waals surface area (Å²) in [6, 6.07) is 0. The van der Waals surface area contributed by atoms with Gasteiger partial charge in [-0.3, -0.25) is 0 Å². The maximum Gasteiger partial charge on any atom is 0.181 e. The van der Waals surface area contributed by atoms with Crippen molar-refractivity contribution in [3.8, 4) is 0 Å². The molecule has 2 rings (SSSR count). The average molecular weight is 175 g/mol. The van der Waals surface area contributed by atoms with Crippen LogP contribution in [-0.4, -0.2) is 4.98 Å². The smallest absolute Gasteiger partial charge is 0.181 e. The lowest BCUT2D eigenvalue weighted by atomic mass is 9.88. The summed E-state index contributed by atoms with van der Waals surface area (Å²) in [6.45, 7) is 6.35. The van der Waals surface area contributed by atoms with Gasteiger partial charge in [0, 0.05) is 5.41 Å². The van der Waals surface area contributed by atoms with E-state index in [4.69, 9.17) is 4.42 Å². The number of oxazole rings is 1. The third-order valence-electron chi connectivity index (χ3n) is 2.27. The van der Waals surface area contributed by atoms with Crippen molar-refractivity contribution in [3.63, 3.8) is 0 Å². The van der Waals surface area contributed by atoms with Crippen LogP contribution in [0, 0.1) is 0 Å². The molecule has 0 N–H and O–H groups in total. The summed E-state index contributed by atoms with van der Waals surface area (Å²) in [7, 11) is 0. The second-order valence-electron chi connectivity index (χ2n) is 4.01. The van der Waals surface area contributed by atoms with Gasteiger partial charge in [0.25, 0.3) is 0 Å². The van der Waals surface area contributed by atoms with Gasteiger partial charge in [-0.1, -0.05) is 17.7 Å². The standard InChI is InChI=1S/C11H13NO/c1-8-4-5-9-10(13-7-12-9)11(2,3)6-8/h4-7H,1-3H3. The largest absolute Gasteiger partial charge is 0.447 e. The molecule has 0 atom stereocenters. The first-order chi connectivity index (χ1) is 6.09. The summed E-state index contributed by atoms with van der Waals surface area (Å²) in [6.07, 6.45) is 7.77. The Labute approximate surface area is 78.0 Å². The van der Waals surface area contributed by atoms with Crippen LogP contribution in [-0.2, 0) is 5.41 Å². The van der Waals surface area contributed by atoms with Crippen LogP contribution in [0.3, 0.4) is 0 Å². The Kier molecular flexibility index (Phi) is 1.65. The van der Waals surface area contributed by atoms with E-state index in [1.54, 1.807) is 0 Å². The first-order valence-corrected chi connectivity index (χ1v) is 4.41.